The summed E-state index contributed by atoms with van der Waals surface area (Å²) in [5.41, 5.74) is -0.565. The molecule has 114 valence electrons. The predicted octanol–water partition coefficient (Wildman–Crippen LogP) is 0.962. The number of nitrogens with zero attached hydrogens (tertiary/aromatic N) is 2. The highest BCUT2D eigenvalue weighted by Gasteiger charge is 2.43. The summed E-state index contributed by atoms with van der Waals surface area (Å²) in [5, 5.41) is 10.1. The maximum Gasteiger partial charge on any atom is 0.410 e. The van der Waals surface area contributed by atoms with Gasteiger partial charge in [-0.1, -0.05) is 15.9 Å². The van der Waals surface area contributed by atoms with Crippen molar-refractivity contribution in [2.45, 2.75) is 49.8 Å². The third kappa shape index (κ3) is 3.44. The number of hydrogen-bond donors (Lipinski definition) is 1. The molecule has 0 radical (unpaired) electrons. The van der Waals surface area contributed by atoms with Crippen LogP contribution in [0.5, 0.6) is 0 Å². The van der Waals surface area contributed by atoms with Crippen LogP contribution in [0, 0.1) is 0 Å². The largest absolute Gasteiger partial charge is 0.444 e. The van der Waals surface area contributed by atoms with Gasteiger partial charge in [-0.25, -0.2) is 4.79 Å². The van der Waals surface area contributed by atoms with Crippen molar-refractivity contribution in [3.63, 3.8) is 0 Å². The molecule has 0 spiro atoms. The molecule has 2 rings (SSSR count). The van der Waals surface area contributed by atoms with Gasteiger partial charge in [0.05, 0.1) is 18.7 Å². The highest BCUT2D eigenvalue weighted by molar-refractivity contribution is 9.09. The lowest BCUT2D eigenvalue weighted by atomic mass is 10.2. The van der Waals surface area contributed by atoms with Gasteiger partial charge in [0.2, 0.25) is 5.91 Å². The van der Waals surface area contributed by atoms with Gasteiger partial charge in [-0.2, -0.15) is 0 Å². The molecule has 7 heteroatoms. The smallest absolute Gasteiger partial charge is 0.410 e. The Morgan fingerprint density at radius 3 is 2.50 bits per heavy atom. The number of carbonyl (C=O) groups excluding carboxylic acids is 2. The number of carbonyl (C=O) groups is 2. The number of aliphatic hydroxyl groups excluding tert-OH is 1. The maximum atomic E-state index is 12.0. The van der Waals surface area contributed by atoms with Crippen LogP contribution in [0.1, 0.15) is 27.2 Å². The van der Waals surface area contributed by atoms with E-state index in [1.54, 1.807) is 25.7 Å². The second kappa shape index (κ2) is 5.52. The molecule has 1 N–H and O–H groups in total. The Kier molecular flexibility index (Phi) is 4.30. The van der Waals surface area contributed by atoms with Gasteiger partial charge < -0.3 is 19.6 Å². The Morgan fingerprint density at radius 1 is 1.35 bits per heavy atom. The lowest BCUT2D eigenvalue weighted by Gasteiger charge is -2.27. The Hall–Kier alpha value is -0.820. The number of alkyl halides is 1. The van der Waals surface area contributed by atoms with Crippen molar-refractivity contribution in [1.82, 2.24) is 9.80 Å². The normalized spacial score (nSPS) is 31.1. The van der Waals surface area contributed by atoms with Crippen molar-refractivity contribution in [2.24, 2.45) is 0 Å². The fourth-order valence-electron chi connectivity index (χ4n) is 2.56. The number of aliphatic hydroxyl groups is 1. The summed E-state index contributed by atoms with van der Waals surface area (Å²) in [6, 6.07) is -0.336. The van der Waals surface area contributed by atoms with Crippen molar-refractivity contribution in [3.8, 4) is 0 Å². The number of halogens is 1. The number of hydrogen-bond acceptors (Lipinski definition) is 4. The summed E-state index contributed by atoms with van der Waals surface area (Å²) in [7, 11) is 0. The third-order valence-corrected chi connectivity index (χ3v) is 4.04. The molecular weight excluding hydrogens is 328 g/mol. The van der Waals surface area contributed by atoms with Crippen LogP contribution in [0.15, 0.2) is 0 Å². The number of likely N-dealkylation sites (tertiary alicyclic amines) is 2. The van der Waals surface area contributed by atoms with Crippen LogP contribution in [0.4, 0.5) is 4.79 Å². The standard InChI is InChI=1S/C13H21BrN2O4/c1-13(2,3)20-12(19)15-6-9(10(17)7-15)16-5-8(14)4-11(16)18/h8-10,17H,4-7H2,1-3H3. The molecule has 0 saturated carbocycles. The molecule has 2 saturated heterocycles. The van der Waals surface area contributed by atoms with E-state index in [4.69, 9.17) is 4.74 Å². The summed E-state index contributed by atoms with van der Waals surface area (Å²) >= 11 is 3.42. The Morgan fingerprint density at radius 2 is 2.00 bits per heavy atom. The molecule has 2 amide bonds. The number of amides is 2. The van der Waals surface area contributed by atoms with E-state index < -0.39 is 17.8 Å². The highest BCUT2D eigenvalue weighted by Crippen LogP contribution is 2.26. The third-order valence-electron chi connectivity index (χ3n) is 3.42. The zero-order valence-corrected chi connectivity index (χ0v) is 13.6. The Balaban J connectivity index is 1.99. The van der Waals surface area contributed by atoms with Crippen molar-refractivity contribution in [2.75, 3.05) is 19.6 Å². The van der Waals surface area contributed by atoms with Gasteiger partial charge >= 0.3 is 6.09 Å². The molecule has 6 nitrogen and oxygen atoms in total. The van der Waals surface area contributed by atoms with Crippen LogP contribution in [0.2, 0.25) is 0 Å². The molecule has 0 aromatic heterocycles. The van der Waals surface area contributed by atoms with E-state index in [-0.39, 0.29) is 23.3 Å². The summed E-state index contributed by atoms with van der Waals surface area (Å²) in [6.07, 6.45) is -0.722. The van der Waals surface area contributed by atoms with Crippen LogP contribution in [-0.2, 0) is 9.53 Å². The van der Waals surface area contributed by atoms with Crippen molar-refractivity contribution in [1.29, 1.82) is 0 Å². The molecule has 2 heterocycles. The fourth-order valence-corrected chi connectivity index (χ4v) is 3.15. The summed E-state index contributed by atoms with van der Waals surface area (Å²) < 4.78 is 5.29. The van der Waals surface area contributed by atoms with Gasteiger partial charge in [-0.15, -0.1) is 0 Å². The van der Waals surface area contributed by atoms with E-state index in [0.29, 0.717) is 19.5 Å². The van der Waals surface area contributed by atoms with Crippen LogP contribution in [-0.4, -0.2) is 69.1 Å². The first-order valence-corrected chi connectivity index (χ1v) is 7.68. The van der Waals surface area contributed by atoms with Gasteiger partial charge in [-0.3, -0.25) is 4.79 Å². The van der Waals surface area contributed by atoms with E-state index in [1.807, 2.05) is 0 Å². The van der Waals surface area contributed by atoms with Crippen LogP contribution >= 0.6 is 15.9 Å². The molecule has 0 bridgehead atoms. The van der Waals surface area contributed by atoms with Gasteiger partial charge in [0, 0.05) is 24.3 Å². The van der Waals surface area contributed by atoms with Gasteiger partial charge in [0.15, 0.2) is 0 Å². The minimum absolute atomic E-state index is 0.0157. The molecule has 20 heavy (non-hydrogen) atoms. The van der Waals surface area contributed by atoms with E-state index in [1.165, 1.54) is 4.90 Å². The first kappa shape index (κ1) is 15.6. The van der Waals surface area contributed by atoms with E-state index >= 15 is 0 Å². The molecule has 3 atom stereocenters. The van der Waals surface area contributed by atoms with E-state index in [0.717, 1.165) is 0 Å². The average molecular weight is 349 g/mol. The fraction of sp³-hybridized carbons (Fsp3) is 0.846. The monoisotopic (exact) mass is 348 g/mol. The molecule has 0 aliphatic carbocycles. The summed E-state index contributed by atoms with van der Waals surface area (Å²) in [4.78, 5) is 27.1. The van der Waals surface area contributed by atoms with Gasteiger partial charge in [0.1, 0.15) is 5.60 Å². The SMILES string of the molecule is CC(C)(C)OC(=O)N1CC(O)C(N2CC(Br)CC2=O)C1. The molecular formula is C13H21BrN2O4. The van der Waals surface area contributed by atoms with Crippen LogP contribution < -0.4 is 0 Å². The number of ether oxygens (including phenoxy) is 1. The number of β-amino-alcohol motifs (C(OH)–C–C–N with tert-alkyl or cyclic N) is 1. The van der Waals surface area contributed by atoms with Gasteiger partial charge in [0.25, 0.3) is 0 Å². The lowest BCUT2D eigenvalue weighted by molar-refractivity contribution is -0.131. The quantitative estimate of drug-likeness (QED) is 0.716. The summed E-state index contributed by atoms with van der Waals surface area (Å²) in [5.74, 6) is 0.0157. The van der Waals surface area contributed by atoms with Crippen molar-refractivity contribution >= 4 is 27.9 Å². The predicted molar refractivity (Wildman–Crippen MR) is 76.6 cm³/mol. The van der Waals surface area contributed by atoms with Crippen molar-refractivity contribution in [3.05, 3.63) is 0 Å². The maximum absolute atomic E-state index is 12.0. The molecule has 2 fully saturated rings. The van der Waals surface area contributed by atoms with E-state index in [2.05, 4.69) is 15.9 Å². The minimum atomic E-state index is -0.718. The minimum Gasteiger partial charge on any atom is -0.444 e. The lowest BCUT2D eigenvalue weighted by Crippen LogP contribution is -2.44. The second-order valence-electron chi connectivity index (χ2n) is 6.37. The van der Waals surface area contributed by atoms with Gasteiger partial charge in [-0.05, 0) is 20.8 Å². The first-order valence-electron chi connectivity index (χ1n) is 6.77. The summed E-state index contributed by atoms with van der Waals surface area (Å²) in [6.45, 7) is 6.50. The average Bonchev–Trinajstić information content (AvgIpc) is 2.79. The zero-order chi connectivity index (χ0) is 15.1. The highest BCUT2D eigenvalue weighted by atomic mass is 79.9. The topological polar surface area (TPSA) is 70.1 Å². The zero-order valence-electron chi connectivity index (χ0n) is 12.0. The Bertz CT molecular complexity index is 410. The molecule has 0 aromatic rings. The Labute approximate surface area is 127 Å². The van der Waals surface area contributed by atoms with Crippen molar-refractivity contribution < 1.29 is 19.4 Å². The molecule has 0 aromatic carbocycles. The molecule has 2 aliphatic rings. The van der Waals surface area contributed by atoms with Crippen LogP contribution in [0.3, 0.4) is 0 Å². The molecule has 2 aliphatic heterocycles. The number of rotatable bonds is 1. The molecule has 3 unspecified atom stereocenters. The van der Waals surface area contributed by atoms with E-state index in [9.17, 15) is 14.7 Å². The first-order chi connectivity index (χ1) is 9.17. The second-order valence-corrected chi connectivity index (χ2v) is 7.66. The van der Waals surface area contributed by atoms with Crippen LogP contribution in [0.25, 0.3) is 0 Å².